The van der Waals surface area contributed by atoms with E-state index in [9.17, 15) is 9.18 Å². The van der Waals surface area contributed by atoms with Crippen LogP contribution in [0.3, 0.4) is 0 Å². The Labute approximate surface area is 135 Å². The SMILES string of the molecule is N/C(=N\OCC(=O)Nc1cccc(Br)c1)c1ccc(F)cc1. The van der Waals surface area contributed by atoms with E-state index in [1.54, 1.807) is 18.2 Å². The molecule has 0 spiro atoms. The van der Waals surface area contributed by atoms with Gasteiger partial charge in [-0.3, -0.25) is 4.79 Å². The molecule has 0 aliphatic heterocycles. The van der Waals surface area contributed by atoms with Crippen molar-refractivity contribution in [1.29, 1.82) is 0 Å². The van der Waals surface area contributed by atoms with E-state index in [-0.39, 0.29) is 24.2 Å². The van der Waals surface area contributed by atoms with Crippen LogP contribution in [0.15, 0.2) is 58.2 Å². The van der Waals surface area contributed by atoms with Crippen molar-refractivity contribution >= 4 is 33.4 Å². The second-order valence-electron chi connectivity index (χ2n) is 4.32. The first-order valence-corrected chi connectivity index (χ1v) is 7.10. The number of rotatable bonds is 5. The van der Waals surface area contributed by atoms with Crippen LogP contribution in [0.1, 0.15) is 5.56 Å². The highest BCUT2D eigenvalue weighted by Gasteiger charge is 2.04. The maximum atomic E-state index is 12.8. The lowest BCUT2D eigenvalue weighted by molar-refractivity contribution is -0.120. The molecule has 0 aromatic heterocycles. The van der Waals surface area contributed by atoms with Crippen molar-refractivity contribution < 1.29 is 14.0 Å². The number of halogens is 2. The highest BCUT2D eigenvalue weighted by Crippen LogP contribution is 2.15. The van der Waals surface area contributed by atoms with Crippen molar-refractivity contribution in [2.75, 3.05) is 11.9 Å². The Morgan fingerprint density at radius 1 is 1.27 bits per heavy atom. The van der Waals surface area contributed by atoms with E-state index < -0.39 is 0 Å². The maximum absolute atomic E-state index is 12.8. The van der Waals surface area contributed by atoms with Crippen LogP contribution in [0.4, 0.5) is 10.1 Å². The number of carbonyl (C=O) groups excluding carboxylic acids is 1. The molecular formula is C15H13BrFN3O2. The highest BCUT2D eigenvalue weighted by molar-refractivity contribution is 9.10. The Morgan fingerprint density at radius 3 is 2.68 bits per heavy atom. The number of benzene rings is 2. The summed E-state index contributed by atoms with van der Waals surface area (Å²) in [7, 11) is 0. The molecule has 0 heterocycles. The van der Waals surface area contributed by atoms with Gasteiger partial charge >= 0.3 is 0 Å². The number of carbonyl (C=O) groups is 1. The van der Waals surface area contributed by atoms with Crippen molar-refractivity contribution in [1.82, 2.24) is 0 Å². The Hall–Kier alpha value is -2.41. The quantitative estimate of drug-likeness (QED) is 0.485. The number of anilines is 1. The van der Waals surface area contributed by atoms with Crippen LogP contribution in [0.25, 0.3) is 0 Å². The number of nitrogens with zero attached hydrogens (tertiary/aromatic N) is 1. The standard InChI is InChI=1S/C15H13BrFN3O2/c16-11-2-1-3-13(8-11)19-14(21)9-22-20-15(18)10-4-6-12(17)7-5-10/h1-8H,9H2,(H2,18,20)(H,19,21). The number of oxime groups is 1. The fourth-order valence-corrected chi connectivity index (χ4v) is 2.00. The number of amides is 1. The number of amidine groups is 1. The molecule has 5 nitrogen and oxygen atoms in total. The molecule has 3 N–H and O–H groups in total. The molecule has 0 saturated carbocycles. The van der Waals surface area contributed by atoms with Gasteiger partial charge in [0, 0.05) is 15.7 Å². The fraction of sp³-hybridized carbons (Fsp3) is 0.0667. The maximum Gasteiger partial charge on any atom is 0.265 e. The van der Waals surface area contributed by atoms with Crippen molar-refractivity contribution in [2.45, 2.75) is 0 Å². The molecule has 2 aromatic carbocycles. The van der Waals surface area contributed by atoms with Gasteiger partial charge in [0.1, 0.15) is 5.82 Å². The van der Waals surface area contributed by atoms with Crippen LogP contribution in [-0.2, 0) is 9.63 Å². The van der Waals surface area contributed by atoms with Gasteiger partial charge in [0.25, 0.3) is 5.91 Å². The normalized spacial score (nSPS) is 11.1. The van der Waals surface area contributed by atoms with Crippen molar-refractivity contribution in [3.63, 3.8) is 0 Å². The van der Waals surface area contributed by atoms with Crippen molar-refractivity contribution in [3.8, 4) is 0 Å². The van der Waals surface area contributed by atoms with Crippen LogP contribution in [0.2, 0.25) is 0 Å². The van der Waals surface area contributed by atoms with Gasteiger partial charge in [-0.2, -0.15) is 0 Å². The number of hydrogen-bond donors (Lipinski definition) is 2. The summed E-state index contributed by atoms with van der Waals surface area (Å²) in [5.74, 6) is -0.671. The molecule has 0 aliphatic carbocycles. The van der Waals surface area contributed by atoms with E-state index >= 15 is 0 Å². The molecule has 2 rings (SSSR count). The third kappa shape index (κ3) is 4.85. The van der Waals surface area contributed by atoms with E-state index in [0.717, 1.165) is 4.47 Å². The second kappa shape index (κ2) is 7.56. The molecule has 0 bridgehead atoms. The smallest absolute Gasteiger partial charge is 0.265 e. The third-order valence-electron chi connectivity index (χ3n) is 2.61. The summed E-state index contributed by atoms with van der Waals surface area (Å²) in [6, 6.07) is 12.6. The minimum atomic E-state index is -0.370. The highest BCUT2D eigenvalue weighted by atomic mass is 79.9. The molecular weight excluding hydrogens is 353 g/mol. The van der Waals surface area contributed by atoms with Crippen molar-refractivity contribution in [2.24, 2.45) is 10.9 Å². The monoisotopic (exact) mass is 365 g/mol. The van der Waals surface area contributed by atoms with Crippen LogP contribution in [0, 0.1) is 5.82 Å². The lowest BCUT2D eigenvalue weighted by atomic mass is 10.2. The Morgan fingerprint density at radius 2 is 2.00 bits per heavy atom. The first-order chi connectivity index (χ1) is 10.5. The molecule has 7 heteroatoms. The van der Waals surface area contributed by atoms with Crippen LogP contribution in [0.5, 0.6) is 0 Å². The molecule has 0 aliphatic rings. The average Bonchev–Trinajstić information content (AvgIpc) is 2.47. The molecule has 2 aromatic rings. The topological polar surface area (TPSA) is 76.7 Å². The number of nitrogens with one attached hydrogen (secondary N) is 1. The largest absolute Gasteiger partial charge is 0.384 e. The molecule has 0 saturated heterocycles. The number of nitrogens with two attached hydrogens (primary N) is 1. The lowest BCUT2D eigenvalue weighted by Crippen LogP contribution is -2.19. The molecule has 22 heavy (non-hydrogen) atoms. The van der Waals surface area contributed by atoms with Gasteiger partial charge in [-0.1, -0.05) is 27.2 Å². The predicted molar refractivity (Wildman–Crippen MR) is 85.8 cm³/mol. The van der Waals surface area contributed by atoms with Gasteiger partial charge in [0.15, 0.2) is 12.4 Å². The Balaban J connectivity index is 1.85. The molecule has 114 valence electrons. The first-order valence-electron chi connectivity index (χ1n) is 6.31. The lowest BCUT2D eigenvalue weighted by Gasteiger charge is -2.05. The summed E-state index contributed by atoms with van der Waals surface area (Å²) >= 11 is 3.31. The fourth-order valence-electron chi connectivity index (χ4n) is 1.60. The van der Waals surface area contributed by atoms with Gasteiger partial charge in [-0.05, 0) is 42.5 Å². The minimum absolute atomic E-state index is 0.0651. The van der Waals surface area contributed by atoms with Gasteiger partial charge in [0.05, 0.1) is 0 Å². The van der Waals surface area contributed by atoms with Gasteiger partial charge in [-0.25, -0.2) is 4.39 Å². The summed E-state index contributed by atoms with van der Waals surface area (Å²) in [4.78, 5) is 16.6. The van der Waals surface area contributed by atoms with Gasteiger partial charge in [0.2, 0.25) is 0 Å². The van der Waals surface area contributed by atoms with Crippen LogP contribution < -0.4 is 11.1 Å². The van der Waals surface area contributed by atoms with E-state index in [4.69, 9.17) is 10.6 Å². The number of hydrogen-bond acceptors (Lipinski definition) is 3. The van der Waals surface area contributed by atoms with E-state index in [1.165, 1.54) is 24.3 Å². The zero-order valence-electron chi connectivity index (χ0n) is 11.4. The third-order valence-corrected chi connectivity index (χ3v) is 3.10. The predicted octanol–water partition coefficient (Wildman–Crippen LogP) is 2.86. The van der Waals surface area contributed by atoms with Gasteiger partial charge in [-0.15, -0.1) is 0 Å². The van der Waals surface area contributed by atoms with Crippen molar-refractivity contribution in [3.05, 3.63) is 64.4 Å². The van der Waals surface area contributed by atoms with Gasteiger partial charge < -0.3 is 15.9 Å². The molecule has 1 amide bonds. The summed E-state index contributed by atoms with van der Waals surface area (Å²) < 4.78 is 13.6. The Bertz CT molecular complexity index is 689. The zero-order valence-corrected chi connectivity index (χ0v) is 13.0. The second-order valence-corrected chi connectivity index (χ2v) is 5.23. The Kier molecular flexibility index (Phi) is 5.48. The minimum Gasteiger partial charge on any atom is -0.384 e. The summed E-state index contributed by atoms with van der Waals surface area (Å²) in [6.07, 6.45) is 0. The van der Waals surface area contributed by atoms with Crippen LogP contribution in [-0.4, -0.2) is 18.3 Å². The average molecular weight is 366 g/mol. The van der Waals surface area contributed by atoms with E-state index in [2.05, 4.69) is 26.4 Å². The van der Waals surface area contributed by atoms with E-state index in [1.807, 2.05) is 6.07 Å². The summed E-state index contributed by atoms with van der Waals surface area (Å²) in [5.41, 5.74) is 6.81. The molecule has 0 radical (unpaired) electrons. The summed E-state index contributed by atoms with van der Waals surface area (Å²) in [5, 5.41) is 6.28. The first kappa shape index (κ1) is 16.0. The molecule has 0 fully saturated rings. The summed E-state index contributed by atoms with van der Waals surface area (Å²) in [6.45, 7) is -0.283. The molecule has 0 unspecified atom stereocenters. The van der Waals surface area contributed by atoms with Crippen LogP contribution >= 0.6 is 15.9 Å². The zero-order chi connectivity index (χ0) is 15.9. The molecule has 0 atom stereocenters. The van der Waals surface area contributed by atoms with E-state index in [0.29, 0.717) is 11.3 Å².